The first kappa shape index (κ1) is 37.8. The van der Waals surface area contributed by atoms with Gasteiger partial charge in [0.2, 0.25) is 5.91 Å². The van der Waals surface area contributed by atoms with Crippen LogP contribution in [-0.4, -0.2) is 41.9 Å². The first-order valence-corrected chi connectivity index (χ1v) is 17.6. The molecule has 6 nitrogen and oxygen atoms in total. The molecule has 0 spiro atoms. The lowest BCUT2D eigenvalue weighted by Gasteiger charge is -2.21. The molecule has 0 heterocycles. The average molecular weight is 572 g/mol. The maximum atomic E-state index is 12.3. The van der Waals surface area contributed by atoms with Crippen LogP contribution in [0.25, 0.3) is 0 Å². The third-order valence-corrected chi connectivity index (χ3v) is 7.88. The van der Waals surface area contributed by atoms with Crippen molar-refractivity contribution in [1.82, 2.24) is 5.32 Å². The van der Waals surface area contributed by atoms with E-state index in [1.807, 2.05) is 6.08 Å². The van der Waals surface area contributed by atoms with Gasteiger partial charge in [0.25, 0.3) is 10.1 Å². The molecule has 0 aliphatic carbocycles. The largest absolute Gasteiger partial charge is 0.387 e. The summed E-state index contributed by atoms with van der Waals surface area (Å²) in [7, 11) is -4.33. The van der Waals surface area contributed by atoms with Crippen LogP contribution in [0.1, 0.15) is 155 Å². The molecule has 0 saturated heterocycles. The highest BCUT2D eigenvalue weighted by Crippen LogP contribution is 2.13. The summed E-state index contributed by atoms with van der Waals surface area (Å²) in [5, 5.41) is 13.1. The molecule has 2 atom stereocenters. The van der Waals surface area contributed by atoms with Crippen molar-refractivity contribution in [3.05, 3.63) is 24.3 Å². The summed E-state index contributed by atoms with van der Waals surface area (Å²) in [5.41, 5.74) is 0. The Balaban J connectivity index is 4.08. The molecular formula is C32H61NO5S. The van der Waals surface area contributed by atoms with Gasteiger partial charge in [-0.3, -0.25) is 9.35 Å². The molecule has 0 aromatic carbocycles. The van der Waals surface area contributed by atoms with Gasteiger partial charge in [0.15, 0.2) is 0 Å². The Kier molecular flexibility index (Phi) is 26.2. The molecule has 0 bridgehead atoms. The van der Waals surface area contributed by atoms with E-state index < -0.39 is 28.0 Å². The van der Waals surface area contributed by atoms with E-state index >= 15 is 0 Å². The molecule has 230 valence electrons. The smallest absolute Gasteiger partial charge is 0.267 e. The van der Waals surface area contributed by atoms with E-state index in [0.717, 1.165) is 64.2 Å². The molecule has 1 amide bonds. The number of hydrogen-bond donors (Lipinski definition) is 3. The van der Waals surface area contributed by atoms with Crippen molar-refractivity contribution in [3.8, 4) is 0 Å². The number of allylic oxidation sites excluding steroid dienone is 3. The summed E-state index contributed by atoms with van der Waals surface area (Å²) < 4.78 is 32.2. The monoisotopic (exact) mass is 571 g/mol. The molecule has 3 N–H and O–H groups in total. The van der Waals surface area contributed by atoms with Gasteiger partial charge in [0, 0.05) is 6.42 Å². The van der Waals surface area contributed by atoms with Crippen LogP contribution in [0.4, 0.5) is 0 Å². The lowest BCUT2D eigenvalue weighted by atomic mass is 10.0. The van der Waals surface area contributed by atoms with Crippen LogP contribution in [0.5, 0.6) is 0 Å². The minimum atomic E-state index is -4.33. The summed E-state index contributed by atoms with van der Waals surface area (Å²) in [6.07, 6.45) is 31.6. The van der Waals surface area contributed by atoms with Crippen LogP contribution in [0.15, 0.2) is 24.3 Å². The molecule has 0 fully saturated rings. The first-order valence-electron chi connectivity index (χ1n) is 16.0. The number of amides is 1. The zero-order valence-corrected chi connectivity index (χ0v) is 26.1. The van der Waals surface area contributed by atoms with Gasteiger partial charge < -0.3 is 10.4 Å². The molecule has 39 heavy (non-hydrogen) atoms. The lowest BCUT2D eigenvalue weighted by Crippen LogP contribution is -2.46. The summed E-state index contributed by atoms with van der Waals surface area (Å²) >= 11 is 0. The predicted molar refractivity (Wildman–Crippen MR) is 166 cm³/mol. The zero-order chi connectivity index (χ0) is 29.0. The van der Waals surface area contributed by atoms with E-state index in [1.165, 1.54) is 70.6 Å². The van der Waals surface area contributed by atoms with Gasteiger partial charge in [0.05, 0.1) is 17.9 Å². The molecule has 2 unspecified atom stereocenters. The van der Waals surface area contributed by atoms with E-state index in [9.17, 15) is 22.9 Å². The number of carbonyl (C=O) groups is 1. The molecule has 0 aromatic rings. The van der Waals surface area contributed by atoms with Crippen molar-refractivity contribution < 1.29 is 22.9 Å². The summed E-state index contributed by atoms with van der Waals surface area (Å²) in [6, 6.07) is -1.05. The Bertz CT molecular complexity index is 720. The van der Waals surface area contributed by atoms with E-state index in [0.29, 0.717) is 0 Å². The van der Waals surface area contributed by atoms with Gasteiger partial charge >= 0.3 is 0 Å². The SMILES string of the molecule is CCC/C=C\CCCCCCCC(=O)NC(CS(=O)(=O)O)C(O)/C=C/CCCCCCCCCCCCCC. The lowest BCUT2D eigenvalue weighted by molar-refractivity contribution is -0.122. The maximum Gasteiger partial charge on any atom is 0.267 e. The fourth-order valence-corrected chi connectivity index (χ4v) is 5.42. The summed E-state index contributed by atoms with van der Waals surface area (Å²) in [4.78, 5) is 12.3. The van der Waals surface area contributed by atoms with Gasteiger partial charge in [-0.1, -0.05) is 134 Å². The van der Waals surface area contributed by atoms with Gasteiger partial charge in [-0.15, -0.1) is 0 Å². The van der Waals surface area contributed by atoms with Gasteiger partial charge in [-0.25, -0.2) is 0 Å². The average Bonchev–Trinajstić information content (AvgIpc) is 2.88. The first-order chi connectivity index (χ1) is 18.8. The molecule has 7 heteroatoms. The predicted octanol–water partition coefficient (Wildman–Crippen LogP) is 8.45. The number of hydrogen-bond acceptors (Lipinski definition) is 4. The Morgan fingerprint density at radius 3 is 1.64 bits per heavy atom. The Morgan fingerprint density at radius 2 is 1.13 bits per heavy atom. The number of nitrogens with one attached hydrogen (secondary N) is 1. The number of unbranched alkanes of at least 4 members (excludes halogenated alkanes) is 18. The standard InChI is InChI=1S/C32H61NO5S/c1-3-5-7-9-11-13-15-16-17-18-19-21-23-25-27-31(34)30(29-39(36,37)38)33-32(35)28-26-24-22-20-14-12-10-8-6-4-2/h8,10,25,27,30-31,34H,3-7,9,11-24,26,28-29H2,1-2H3,(H,33,35)(H,36,37,38)/b10-8-,27-25+. The van der Waals surface area contributed by atoms with Crippen molar-refractivity contribution >= 4 is 16.0 Å². The summed E-state index contributed by atoms with van der Waals surface area (Å²) in [6.45, 7) is 4.42. The van der Waals surface area contributed by atoms with Crippen molar-refractivity contribution in [2.45, 2.75) is 167 Å². The van der Waals surface area contributed by atoms with E-state index in [4.69, 9.17) is 0 Å². The fourth-order valence-electron chi connectivity index (χ4n) is 4.68. The molecule has 0 rings (SSSR count). The highest BCUT2D eigenvalue weighted by atomic mass is 32.2. The van der Waals surface area contributed by atoms with Crippen LogP contribution in [0.2, 0.25) is 0 Å². The number of aliphatic hydroxyl groups is 1. The highest BCUT2D eigenvalue weighted by molar-refractivity contribution is 7.85. The summed E-state index contributed by atoms with van der Waals surface area (Å²) in [5.74, 6) is -0.992. The Morgan fingerprint density at radius 1 is 0.667 bits per heavy atom. The van der Waals surface area contributed by atoms with Gasteiger partial charge in [0.1, 0.15) is 0 Å². The molecule has 0 aliphatic heterocycles. The van der Waals surface area contributed by atoms with Crippen LogP contribution >= 0.6 is 0 Å². The molecular weight excluding hydrogens is 510 g/mol. The van der Waals surface area contributed by atoms with E-state index in [1.54, 1.807) is 6.08 Å². The highest BCUT2D eigenvalue weighted by Gasteiger charge is 2.24. The van der Waals surface area contributed by atoms with Crippen molar-refractivity contribution in [3.63, 3.8) is 0 Å². The third-order valence-electron chi connectivity index (χ3n) is 7.10. The maximum absolute atomic E-state index is 12.3. The van der Waals surface area contributed by atoms with Gasteiger partial charge in [-0.05, 0) is 38.5 Å². The number of aliphatic hydroxyl groups excluding tert-OH is 1. The van der Waals surface area contributed by atoms with Crippen LogP contribution in [0, 0.1) is 0 Å². The third kappa shape index (κ3) is 28.2. The minimum absolute atomic E-state index is 0.285. The number of rotatable bonds is 28. The van der Waals surface area contributed by atoms with Crippen LogP contribution < -0.4 is 5.32 Å². The normalized spacial score (nSPS) is 13.8. The molecule has 0 radical (unpaired) electrons. The van der Waals surface area contributed by atoms with E-state index in [-0.39, 0.29) is 12.3 Å². The topological polar surface area (TPSA) is 104 Å². The van der Waals surface area contributed by atoms with Crippen LogP contribution in [-0.2, 0) is 14.9 Å². The minimum Gasteiger partial charge on any atom is -0.387 e. The van der Waals surface area contributed by atoms with Crippen LogP contribution in [0.3, 0.4) is 0 Å². The zero-order valence-electron chi connectivity index (χ0n) is 25.3. The second-order valence-electron chi connectivity index (χ2n) is 11.1. The Labute approximate surface area is 241 Å². The molecule has 0 aromatic heterocycles. The second-order valence-corrected chi connectivity index (χ2v) is 12.6. The molecule has 0 saturated carbocycles. The quantitative estimate of drug-likeness (QED) is 0.0496. The van der Waals surface area contributed by atoms with Gasteiger partial charge in [-0.2, -0.15) is 8.42 Å². The second kappa shape index (κ2) is 27.0. The van der Waals surface area contributed by atoms with Crippen molar-refractivity contribution in [2.75, 3.05) is 5.75 Å². The number of carbonyl (C=O) groups excluding carboxylic acids is 1. The van der Waals surface area contributed by atoms with E-state index in [2.05, 4.69) is 31.3 Å². The van der Waals surface area contributed by atoms with Crippen molar-refractivity contribution in [2.24, 2.45) is 0 Å². The Hall–Kier alpha value is -1.18. The fraction of sp³-hybridized carbons (Fsp3) is 0.844. The van der Waals surface area contributed by atoms with Crippen molar-refractivity contribution in [1.29, 1.82) is 0 Å². The molecule has 0 aliphatic rings.